The molecule has 0 aromatic carbocycles. The Morgan fingerprint density at radius 1 is 1.69 bits per heavy atom. The highest BCUT2D eigenvalue weighted by Crippen LogP contribution is 2.09. The monoisotopic (exact) mass is 224 g/mol. The van der Waals surface area contributed by atoms with Crippen molar-refractivity contribution in [3.05, 3.63) is 0 Å². The standard InChI is InChI=1S/C11H16N2O3/c1-2-3-4-6-13-7-5-12-11(16)9(13)8-10(14)15/h9H,4-8H2,1H3,(H,12,16)(H,14,15). The van der Waals surface area contributed by atoms with E-state index < -0.39 is 12.0 Å². The maximum Gasteiger partial charge on any atom is 0.305 e. The third kappa shape index (κ3) is 3.55. The van der Waals surface area contributed by atoms with E-state index in [0.717, 1.165) is 0 Å². The van der Waals surface area contributed by atoms with Crippen LogP contribution in [0.4, 0.5) is 0 Å². The van der Waals surface area contributed by atoms with Crippen LogP contribution in [0.5, 0.6) is 0 Å². The summed E-state index contributed by atoms with van der Waals surface area (Å²) in [5.74, 6) is 4.55. The number of carboxylic acids is 1. The van der Waals surface area contributed by atoms with Crippen molar-refractivity contribution >= 4 is 11.9 Å². The number of nitrogens with one attached hydrogen (secondary N) is 1. The zero-order valence-corrected chi connectivity index (χ0v) is 9.32. The molecule has 0 aliphatic carbocycles. The highest BCUT2D eigenvalue weighted by Gasteiger charge is 2.30. The first-order valence-corrected chi connectivity index (χ1v) is 5.28. The van der Waals surface area contributed by atoms with E-state index in [1.54, 1.807) is 6.92 Å². The molecule has 0 bridgehead atoms. The minimum atomic E-state index is -0.950. The molecule has 1 amide bonds. The van der Waals surface area contributed by atoms with Gasteiger partial charge in [-0.1, -0.05) is 0 Å². The number of nitrogens with zero attached hydrogens (tertiary/aromatic N) is 1. The second-order valence-electron chi connectivity index (χ2n) is 3.62. The van der Waals surface area contributed by atoms with Gasteiger partial charge >= 0.3 is 5.97 Å². The van der Waals surface area contributed by atoms with Gasteiger partial charge in [0.05, 0.1) is 12.5 Å². The van der Waals surface area contributed by atoms with Crippen LogP contribution in [-0.2, 0) is 9.59 Å². The molecule has 1 atom stereocenters. The van der Waals surface area contributed by atoms with Gasteiger partial charge in [-0.25, -0.2) is 0 Å². The molecular formula is C11H16N2O3. The minimum absolute atomic E-state index is 0.147. The second kappa shape index (κ2) is 6.13. The first kappa shape index (κ1) is 12.5. The highest BCUT2D eigenvalue weighted by molar-refractivity contribution is 5.86. The number of hydrogen-bond acceptors (Lipinski definition) is 3. The molecule has 1 aliphatic heterocycles. The van der Waals surface area contributed by atoms with E-state index in [1.165, 1.54) is 0 Å². The van der Waals surface area contributed by atoms with E-state index in [1.807, 2.05) is 4.90 Å². The van der Waals surface area contributed by atoms with Crippen LogP contribution in [0.2, 0.25) is 0 Å². The molecule has 88 valence electrons. The van der Waals surface area contributed by atoms with Gasteiger partial charge in [-0.3, -0.25) is 14.5 Å². The Bertz CT molecular complexity index is 330. The molecule has 2 N–H and O–H groups in total. The predicted molar refractivity (Wildman–Crippen MR) is 58.7 cm³/mol. The molecule has 1 heterocycles. The maximum atomic E-state index is 11.5. The first-order valence-electron chi connectivity index (χ1n) is 5.28. The van der Waals surface area contributed by atoms with Crippen LogP contribution < -0.4 is 5.32 Å². The first-order chi connectivity index (χ1) is 7.65. The van der Waals surface area contributed by atoms with Crippen molar-refractivity contribution in [1.29, 1.82) is 0 Å². The van der Waals surface area contributed by atoms with Crippen LogP contribution in [0, 0.1) is 11.8 Å². The Kier molecular flexibility index (Phi) is 4.80. The fraction of sp³-hybridized carbons (Fsp3) is 0.636. The summed E-state index contributed by atoms with van der Waals surface area (Å²) in [6.45, 7) is 3.67. The van der Waals surface area contributed by atoms with Crippen LogP contribution >= 0.6 is 0 Å². The second-order valence-corrected chi connectivity index (χ2v) is 3.62. The highest BCUT2D eigenvalue weighted by atomic mass is 16.4. The molecule has 1 saturated heterocycles. The molecule has 0 radical (unpaired) electrons. The summed E-state index contributed by atoms with van der Waals surface area (Å²) in [5.41, 5.74) is 0. The lowest BCUT2D eigenvalue weighted by atomic mass is 10.1. The van der Waals surface area contributed by atoms with Gasteiger partial charge in [-0.05, 0) is 6.92 Å². The lowest BCUT2D eigenvalue weighted by molar-refractivity contribution is -0.143. The van der Waals surface area contributed by atoms with Crippen LogP contribution in [0.15, 0.2) is 0 Å². The SMILES string of the molecule is CC#CCCN1CCNC(=O)C1CC(=O)O. The number of aliphatic carboxylic acids is 1. The summed E-state index contributed by atoms with van der Waals surface area (Å²) in [7, 11) is 0. The number of carbonyl (C=O) groups excluding carboxylic acids is 1. The zero-order valence-electron chi connectivity index (χ0n) is 9.32. The van der Waals surface area contributed by atoms with Gasteiger partial charge in [-0.15, -0.1) is 11.8 Å². The van der Waals surface area contributed by atoms with Crippen molar-refractivity contribution in [1.82, 2.24) is 10.2 Å². The van der Waals surface area contributed by atoms with Crippen molar-refractivity contribution < 1.29 is 14.7 Å². The number of carboxylic acid groups (broad SMARTS) is 1. The topological polar surface area (TPSA) is 69.6 Å². The third-order valence-electron chi connectivity index (χ3n) is 2.51. The summed E-state index contributed by atoms with van der Waals surface area (Å²) in [4.78, 5) is 24.1. The number of rotatable bonds is 4. The molecule has 16 heavy (non-hydrogen) atoms. The number of carbonyl (C=O) groups is 2. The van der Waals surface area contributed by atoms with Crippen molar-refractivity contribution in [3.63, 3.8) is 0 Å². The average molecular weight is 224 g/mol. The quantitative estimate of drug-likeness (QED) is 0.642. The predicted octanol–water partition coefficient (Wildman–Crippen LogP) is -0.325. The van der Waals surface area contributed by atoms with Crippen molar-refractivity contribution in [2.45, 2.75) is 25.8 Å². The van der Waals surface area contributed by atoms with E-state index in [-0.39, 0.29) is 12.3 Å². The Morgan fingerprint density at radius 2 is 2.44 bits per heavy atom. The van der Waals surface area contributed by atoms with Gasteiger partial charge in [0.15, 0.2) is 0 Å². The van der Waals surface area contributed by atoms with Gasteiger partial charge in [-0.2, -0.15) is 0 Å². The van der Waals surface area contributed by atoms with Crippen LogP contribution in [0.25, 0.3) is 0 Å². The molecule has 1 unspecified atom stereocenters. The molecule has 1 rings (SSSR count). The fourth-order valence-corrected chi connectivity index (χ4v) is 1.74. The molecule has 0 spiro atoms. The molecule has 5 nitrogen and oxygen atoms in total. The maximum absolute atomic E-state index is 11.5. The molecule has 5 heteroatoms. The number of hydrogen-bond donors (Lipinski definition) is 2. The van der Waals surface area contributed by atoms with Gasteiger partial charge in [0.2, 0.25) is 5.91 Å². The van der Waals surface area contributed by atoms with Gasteiger partial charge in [0.25, 0.3) is 0 Å². The summed E-state index contributed by atoms with van der Waals surface area (Å²) in [5, 5.41) is 11.4. The van der Waals surface area contributed by atoms with Crippen molar-refractivity contribution in [3.8, 4) is 11.8 Å². The lowest BCUT2D eigenvalue weighted by Crippen LogP contribution is -2.56. The van der Waals surface area contributed by atoms with E-state index >= 15 is 0 Å². The van der Waals surface area contributed by atoms with Gasteiger partial charge in [0.1, 0.15) is 0 Å². The smallest absolute Gasteiger partial charge is 0.305 e. The summed E-state index contributed by atoms with van der Waals surface area (Å²) >= 11 is 0. The van der Waals surface area contributed by atoms with Crippen LogP contribution in [0.3, 0.4) is 0 Å². The third-order valence-corrected chi connectivity index (χ3v) is 2.51. The van der Waals surface area contributed by atoms with Crippen molar-refractivity contribution in [2.75, 3.05) is 19.6 Å². The fourth-order valence-electron chi connectivity index (χ4n) is 1.74. The Morgan fingerprint density at radius 3 is 3.06 bits per heavy atom. The molecule has 0 aromatic rings. The Hall–Kier alpha value is -1.54. The normalized spacial score (nSPS) is 20.8. The molecular weight excluding hydrogens is 208 g/mol. The lowest BCUT2D eigenvalue weighted by Gasteiger charge is -2.33. The summed E-state index contributed by atoms with van der Waals surface area (Å²) in [6.07, 6.45) is 0.519. The van der Waals surface area contributed by atoms with E-state index in [0.29, 0.717) is 26.1 Å². The molecule has 1 fully saturated rings. The number of amides is 1. The van der Waals surface area contributed by atoms with Gasteiger partial charge in [0, 0.05) is 26.1 Å². The van der Waals surface area contributed by atoms with Gasteiger partial charge < -0.3 is 10.4 Å². The van der Waals surface area contributed by atoms with E-state index in [2.05, 4.69) is 17.2 Å². The van der Waals surface area contributed by atoms with Crippen molar-refractivity contribution in [2.24, 2.45) is 0 Å². The number of piperazine rings is 1. The van der Waals surface area contributed by atoms with E-state index in [4.69, 9.17) is 5.11 Å². The molecule has 0 aromatic heterocycles. The Balaban J connectivity index is 2.57. The largest absolute Gasteiger partial charge is 0.481 e. The molecule has 0 saturated carbocycles. The molecule has 1 aliphatic rings. The van der Waals surface area contributed by atoms with Crippen LogP contribution in [-0.4, -0.2) is 47.6 Å². The summed E-state index contributed by atoms with van der Waals surface area (Å²) < 4.78 is 0. The van der Waals surface area contributed by atoms with E-state index in [9.17, 15) is 9.59 Å². The van der Waals surface area contributed by atoms with Crippen LogP contribution in [0.1, 0.15) is 19.8 Å². The summed E-state index contributed by atoms with van der Waals surface area (Å²) in [6, 6.07) is -0.551. The zero-order chi connectivity index (χ0) is 12.0. The Labute approximate surface area is 94.8 Å². The average Bonchev–Trinajstić information content (AvgIpc) is 2.23. The minimum Gasteiger partial charge on any atom is -0.481 e.